The van der Waals surface area contributed by atoms with Gasteiger partial charge >= 0.3 is 0 Å². The molecule has 6 heteroatoms. The third-order valence-electron chi connectivity index (χ3n) is 2.97. The predicted octanol–water partition coefficient (Wildman–Crippen LogP) is 3.45. The van der Waals surface area contributed by atoms with E-state index >= 15 is 0 Å². The Morgan fingerprint density at radius 3 is 2.17 bits per heavy atom. The first-order valence-corrected chi connectivity index (χ1v) is 5.84. The van der Waals surface area contributed by atoms with Crippen LogP contribution >= 0.6 is 24.0 Å². The number of halogens is 4. The van der Waals surface area contributed by atoms with Gasteiger partial charge in [-0.25, -0.2) is 8.78 Å². The molecule has 1 aromatic carbocycles. The minimum atomic E-state index is -1.10. The van der Waals surface area contributed by atoms with Crippen molar-refractivity contribution in [3.05, 3.63) is 34.4 Å². The van der Waals surface area contributed by atoms with E-state index in [4.69, 9.17) is 17.3 Å². The summed E-state index contributed by atoms with van der Waals surface area (Å²) in [6.45, 7) is 3.64. The molecule has 0 saturated heterocycles. The summed E-state index contributed by atoms with van der Waals surface area (Å²) >= 11 is 5.51. The molecule has 0 aliphatic carbocycles. The lowest BCUT2D eigenvalue weighted by atomic mass is 9.91. The lowest BCUT2D eigenvalue weighted by molar-refractivity contribution is 0.0854. The lowest BCUT2D eigenvalue weighted by Crippen LogP contribution is -2.33. The number of benzene rings is 1. The van der Waals surface area contributed by atoms with Crippen LogP contribution in [0.1, 0.15) is 31.9 Å². The van der Waals surface area contributed by atoms with E-state index in [-0.39, 0.29) is 28.9 Å². The van der Waals surface area contributed by atoms with Gasteiger partial charge in [-0.3, -0.25) is 0 Å². The van der Waals surface area contributed by atoms with Gasteiger partial charge < -0.3 is 10.8 Å². The van der Waals surface area contributed by atoms with E-state index in [2.05, 4.69) is 0 Å². The second-order valence-corrected chi connectivity index (χ2v) is 4.62. The lowest BCUT2D eigenvalue weighted by Gasteiger charge is -2.24. The van der Waals surface area contributed by atoms with Crippen molar-refractivity contribution in [2.24, 2.45) is 11.7 Å². The summed E-state index contributed by atoms with van der Waals surface area (Å²) in [5.74, 6) is -1.80. The Labute approximate surface area is 117 Å². The van der Waals surface area contributed by atoms with Gasteiger partial charge in [0.15, 0.2) is 0 Å². The third kappa shape index (κ3) is 3.79. The minimum absolute atomic E-state index is 0. The zero-order valence-corrected chi connectivity index (χ0v) is 11.7. The summed E-state index contributed by atoms with van der Waals surface area (Å²) in [7, 11) is 0. The van der Waals surface area contributed by atoms with Crippen molar-refractivity contribution in [1.82, 2.24) is 0 Å². The Bertz CT molecular complexity index is 381. The SMILES string of the molecule is CCC(C)[C@@H](O)[C@@H](N)c1c(F)cc(Cl)cc1F.Cl. The molecule has 0 aliphatic heterocycles. The van der Waals surface area contributed by atoms with Crippen molar-refractivity contribution in [2.45, 2.75) is 32.4 Å². The number of nitrogens with two attached hydrogens (primary N) is 1. The van der Waals surface area contributed by atoms with Crippen LogP contribution in [0.4, 0.5) is 8.78 Å². The van der Waals surface area contributed by atoms with E-state index in [9.17, 15) is 13.9 Å². The van der Waals surface area contributed by atoms with Gasteiger partial charge in [0.05, 0.1) is 12.1 Å². The first kappa shape index (κ1) is 17.6. The zero-order chi connectivity index (χ0) is 13.2. The Hall–Kier alpha value is -0.420. The predicted molar refractivity (Wildman–Crippen MR) is 71.0 cm³/mol. The monoisotopic (exact) mass is 299 g/mol. The maximum atomic E-state index is 13.6. The van der Waals surface area contributed by atoms with Crippen molar-refractivity contribution in [3.63, 3.8) is 0 Å². The molecule has 0 saturated carbocycles. The molecule has 104 valence electrons. The molecule has 0 aromatic heterocycles. The van der Waals surface area contributed by atoms with Gasteiger partial charge in [0.1, 0.15) is 11.6 Å². The van der Waals surface area contributed by atoms with Crippen LogP contribution in [-0.4, -0.2) is 11.2 Å². The van der Waals surface area contributed by atoms with Crippen molar-refractivity contribution in [3.8, 4) is 0 Å². The highest BCUT2D eigenvalue weighted by atomic mass is 35.5. The highest BCUT2D eigenvalue weighted by molar-refractivity contribution is 6.30. The number of rotatable bonds is 4. The number of hydrogen-bond donors (Lipinski definition) is 2. The molecule has 1 unspecified atom stereocenters. The summed E-state index contributed by atoms with van der Waals surface area (Å²) in [5, 5.41) is 9.83. The molecule has 3 N–H and O–H groups in total. The molecule has 1 aromatic rings. The van der Waals surface area contributed by atoms with Crippen LogP contribution in [0.5, 0.6) is 0 Å². The Balaban J connectivity index is 0.00000289. The van der Waals surface area contributed by atoms with Gasteiger partial charge in [0, 0.05) is 10.6 Å². The molecule has 2 nitrogen and oxygen atoms in total. The summed E-state index contributed by atoms with van der Waals surface area (Å²) in [6.07, 6.45) is -0.323. The molecular weight excluding hydrogens is 283 g/mol. The van der Waals surface area contributed by atoms with E-state index in [1.165, 1.54) is 0 Å². The standard InChI is InChI=1S/C12H16ClF2NO.ClH/c1-3-6(2)12(17)11(16)10-8(14)4-7(13)5-9(10)15;/h4-6,11-12,17H,3,16H2,1-2H3;1H/t6?,11-,12+;/m0./s1. The third-order valence-corrected chi connectivity index (χ3v) is 3.19. The fourth-order valence-corrected chi connectivity index (χ4v) is 1.83. The van der Waals surface area contributed by atoms with Gasteiger partial charge in [-0.15, -0.1) is 12.4 Å². The average Bonchev–Trinajstić information content (AvgIpc) is 2.25. The van der Waals surface area contributed by atoms with E-state index in [0.29, 0.717) is 6.42 Å². The van der Waals surface area contributed by atoms with Crippen LogP contribution in [0.2, 0.25) is 5.02 Å². The van der Waals surface area contributed by atoms with Crippen molar-refractivity contribution in [2.75, 3.05) is 0 Å². The number of aliphatic hydroxyl groups is 1. The molecule has 0 fully saturated rings. The van der Waals surface area contributed by atoms with E-state index in [0.717, 1.165) is 12.1 Å². The van der Waals surface area contributed by atoms with E-state index < -0.39 is 23.8 Å². The molecule has 0 amide bonds. The van der Waals surface area contributed by atoms with Gasteiger partial charge in [-0.2, -0.15) is 0 Å². The highest BCUT2D eigenvalue weighted by Gasteiger charge is 2.27. The van der Waals surface area contributed by atoms with Gasteiger partial charge in [0.2, 0.25) is 0 Å². The van der Waals surface area contributed by atoms with E-state index in [1.807, 2.05) is 6.92 Å². The maximum Gasteiger partial charge on any atom is 0.132 e. The fraction of sp³-hybridized carbons (Fsp3) is 0.500. The largest absolute Gasteiger partial charge is 0.391 e. The highest BCUT2D eigenvalue weighted by Crippen LogP contribution is 2.28. The van der Waals surface area contributed by atoms with Crippen molar-refractivity contribution >= 4 is 24.0 Å². The van der Waals surface area contributed by atoms with Crippen LogP contribution in [0, 0.1) is 17.6 Å². The van der Waals surface area contributed by atoms with Crippen LogP contribution in [0.25, 0.3) is 0 Å². The van der Waals surface area contributed by atoms with E-state index in [1.54, 1.807) is 6.92 Å². The molecule has 0 bridgehead atoms. The molecule has 3 atom stereocenters. The summed E-state index contributed by atoms with van der Waals surface area (Å²) < 4.78 is 27.1. The smallest absolute Gasteiger partial charge is 0.132 e. The summed E-state index contributed by atoms with van der Waals surface area (Å²) in [4.78, 5) is 0. The molecule has 0 heterocycles. The Morgan fingerprint density at radius 2 is 1.78 bits per heavy atom. The molecule has 0 aliphatic rings. The van der Waals surface area contributed by atoms with Crippen LogP contribution < -0.4 is 5.73 Å². The Kier molecular flexibility index (Phi) is 7.07. The average molecular weight is 300 g/mol. The maximum absolute atomic E-state index is 13.6. The zero-order valence-electron chi connectivity index (χ0n) is 10.2. The van der Waals surface area contributed by atoms with Gasteiger partial charge in [-0.05, 0) is 18.1 Å². The normalized spacial score (nSPS) is 15.7. The quantitative estimate of drug-likeness (QED) is 0.894. The first-order valence-electron chi connectivity index (χ1n) is 5.46. The number of hydrogen-bond acceptors (Lipinski definition) is 2. The first-order chi connectivity index (χ1) is 7.88. The van der Waals surface area contributed by atoms with Crippen LogP contribution in [0.3, 0.4) is 0 Å². The fourth-order valence-electron chi connectivity index (χ4n) is 1.64. The minimum Gasteiger partial charge on any atom is -0.391 e. The Morgan fingerprint density at radius 1 is 1.33 bits per heavy atom. The molecular formula is C12H17Cl2F2NO. The second-order valence-electron chi connectivity index (χ2n) is 4.19. The molecule has 0 spiro atoms. The van der Waals surface area contributed by atoms with Crippen molar-refractivity contribution < 1.29 is 13.9 Å². The molecule has 0 radical (unpaired) electrons. The topological polar surface area (TPSA) is 46.2 Å². The van der Waals surface area contributed by atoms with Crippen LogP contribution in [-0.2, 0) is 0 Å². The summed E-state index contributed by atoms with van der Waals surface area (Å²) in [6, 6.07) is 0.883. The second kappa shape index (κ2) is 7.24. The van der Waals surface area contributed by atoms with Crippen molar-refractivity contribution in [1.29, 1.82) is 0 Å². The molecule has 1 rings (SSSR count). The van der Waals surface area contributed by atoms with Crippen LogP contribution in [0.15, 0.2) is 12.1 Å². The van der Waals surface area contributed by atoms with Gasteiger partial charge in [-0.1, -0.05) is 31.9 Å². The molecule has 18 heavy (non-hydrogen) atoms. The summed E-state index contributed by atoms with van der Waals surface area (Å²) in [5.41, 5.74) is 5.38. The van der Waals surface area contributed by atoms with Gasteiger partial charge in [0.25, 0.3) is 0 Å². The number of aliphatic hydroxyl groups excluding tert-OH is 1.